The van der Waals surface area contributed by atoms with Crippen molar-refractivity contribution in [3.8, 4) is 0 Å². The molecule has 0 fully saturated rings. The molecule has 0 aliphatic rings. The second-order valence-electron chi connectivity index (χ2n) is 1.00. The molecule has 50 valence electrons. The van der Waals surface area contributed by atoms with Gasteiger partial charge in [0.15, 0.2) is 0 Å². The minimum atomic E-state index is -0.826. The third-order valence-electron chi connectivity index (χ3n) is 0.408. The Morgan fingerprint density at radius 3 is 1.88 bits per heavy atom. The summed E-state index contributed by atoms with van der Waals surface area (Å²) in [7, 11) is 9.87. The molecule has 0 aromatic carbocycles. The number of hydrogen-bond acceptors (Lipinski definition) is 1. The molecule has 0 atom stereocenters. The molecule has 0 aliphatic carbocycles. The van der Waals surface area contributed by atoms with Gasteiger partial charge in [0.25, 0.3) is 0 Å². The maximum atomic E-state index is 8.03. The van der Waals surface area contributed by atoms with Crippen molar-refractivity contribution in [3.63, 3.8) is 0 Å². The average Bonchev–Trinajstić information content (AvgIpc) is 1.71. The molecule has 0 heterocycles. The van der Waals surface area contributed by atoms with E-state index in [1.54, 1.807) is 0 Å². The van der Waals surface area contributed by atoms with Gasteiger partial charge in [0.2, 0.25) is 0 Å². The zero-order valence-electron chi connectivity index (χ0n) is 4.53. The third-order valence-corrected chi connectivity index (χ3v) is 0.408. The molecule has 4 heteroatoms. The Morgan fingerprint density at radius 2 is 1.88 bits per heavy atom. The Kier molecular flexibility index (Phi) is 23.9. The normalized spacial score (nSPS) is 7.00. The molecule has 0 rings (SSSR count). The predicted octanol–water partition coefficient (Wildman–Crippen LogP) is 1.97. The second kappa shape index (κ2) is 15.8. The summed E-state index contributed by atoms with van der Waals surface area (Å²) >= 11 is -0.826. The van der Waals surface area contributed by atoms with Crippen LogP contribution in [-0.2, 0) is 20.8 Å². The summed E-state index contributed by atoms with van der Waals surface area (Å²) in [4.78, 5) is 0. The predicted molar refractivity (Wildman–Crippen MR) is 33.4 cm³/mol. The van der Waals surface area contributed by atoms with Crippen molar-refractivity contribution in [1.82, 2.24) is 0 Å². The van der Waals surface area contributed by atoms with Crippen molar-refractivity contribution >= 4 is 17.0 Å². The van der Waals surface area contributed by atoms with Gasteiger partial charge in [-0.25, -0.2) is 0 Å². The van der Waals surface area contributed by atoms with Gasteiger partial charge in [0.05, 0.1) is 0 Å². The molecule has 1 nitrogen and oxygen atoms in total. The summed E-state index contributed by atoms with van der Waals surface area (Å²) in [6.45, 7) is 3.80. The summed E-state index contributed by atoms with van der Waals surface area (Å²) in [5.41, 5.74) is 0. The van der Waals surface area contributed by atoms with Crippen LogP contribution < -0.4 is 0 Å². The molecule has 0 unspecified atom stereocenters. The summed E-state index contributed by atoms with van der Waals surface area (Å²) in [6.07, 6.45) is 1.68. The van der Waals surface area contributed by atoms with Crippen LogP contribution >= 0.6 is 17.0 Å². The molecule has 0 amide bonds. The minimum absolute atomic E-state index is 0.281. The van der Waals surface area contributed by atoms with Crippen LogP contribution in [0.25, 0.3) is 0 Å². The maximum absolute atomic E-state index is 8.03. The van der Waals surface area contributed by atoms with Crippen molar-refractivity contribution in [2.75, 3.05) is 6.61 Å². The quantitative estimate of drug-likeness (QED) is 0.725. The summed E-state index contributed by atoms with van der Waals surface area (Å²) in [5, 5.41) is 8.03. The molecule has 0 saturated heterocycles. The van der Waals surface area contributed by atoms with Crippen LogP contribution in [0.2, 0.25) is 0 Å². The van der Waals surface area contributed by atoms with Crippen molar-refractivity contribution in [3.05, 3.63) is 6.92 Å². The van der Waals surface area contributed by atoms with Gasteiger partial charge in [-0.1, -0.05) is 6.42 Å². The molecule has 1 N–H and O–H groups in total. The second-order valence-corrected chi connectivity index (χ2v) is 4.73. The molecule has 0 aliphatic heterocycles. The molecular weight excluding hydrogens is 226 g/mol. The molecular formula is C4H9Cl2OZr-. The SMILES string of the molecule is [CH2-]CCCO.[Cl][Zr][Cl]. The van der Waals surface area contributed by atoms with Crippen LogP contribution in [0, 0.1) is 6.92 Å². The first-order chi connectivity index (χ1) is 3.83. The number of unbranched alkanes of at least 4 members (excludes halogenated alkanes) is 1. The van der Waals surface area contributed by atoms with E-state index in [9.17, 15) is 0 Å². The topological polar surface area (TPSA) is 20.2 Å². The average molecular weight is 235 g/mol. The van der Waals surface area contributed by atoms with Crippen LogP contribution in [0.4, 0.5) is 0 Å². The first-order valence-electron chi connectivity index (χ1n) is 2.19. The van der Waals surface area contributed by atoms with Crippen LogP contribution in [0.3, 0.4) is 0 Å². The van der Waals surface area contributed by atoms with E-state index >= 15 is 0 Å². The van der Waals surface area contributed by atoms with E-state index in [1.165, 1.54) is 0 Å². The molecule has 0 aromatic rings. The summed E-state index contributed by atoms with van der Waals surface area (Å²) < 4.78 is 0. The van der Waals surface area contributed by atoms with Crippen molar-refractivity contribution in [2.45, 2.75) is 12.8 Å². The van der Waals surface area contributed by atoms with Gasteiger partial charge < -0.3 is 12.0 Å². The number of hydrogen-bond donors (Lipinski definition) is 1. The summed E-state index contributed by atoms with van der Waals surface area (Å²) in [5.74, 6) is 0. The Hall–Kier alpha value is 1.42. The number of aliphatic hydroxyl groups is 1. The molecule has 0 saturated carbocycles. The summed E-state index contributed by atoms with van der Waals surface area (Å²) in [6, 6.07) is 0. The van der Waals surface area contributed by atoms with E-state index in [4.69, 9.17) is 22.1 Å². The standard InChI is InChI=1S/C4H9O.2ClH.Zr/c1-2-3-4-5;;;/h5H,1-4H2;2*1H;/q-1;;;+2/p-2. The van der Waals surface area contributed by atoms with E-state index in [-0.39, 0.29) is 6.61 Å². The van der Waals surface area contributed by atoms with Crippen molar-refractivity contribution in [2.24, 2.45) is 0 Å². The molecule has 0 bridgehead atoms. The Bertz CT molecular complexity index is 28.0. The molecule has 8 heavy (non-hydrogen) atoms. The van der Waals surface area contributed by atoms with E-state index in [1.807, 2.05) is 0 Å². The molecule has 0 spiro atoms. The van der Waals surface area contributed by atoms with Crippen LogP contribution in [0.5, 0.6) is 0 Å². The number of rotatable bonds is 2. The number of aliphatic hydroxyl groups excluding tert-OH is 1. The van der Waals surface area contributed by atoms with Crippen molar-refractivity contribution in [1.29, 1.82) is 0 Å². The van der Waals surface area contributed by atoms with Gasteiger partial charge in [-0.05, 0) is 0 Å². The van der Waals surface area contributed by atoms with Gasteiger partial charge in [-0.2, -0.15) is 6.42 Å². The van der Waals surface area contributed by atoms with Gasteiger partial charge in [0, 0.05) is 6.61 Å². The van der Waals surface area contributed by atoms with E-state index in [0.717, 1.165) is 12.8 Å². The molecule has 0 radical (unpaired) electrons. The monoisotopic (exact) mass is 233 g/mol. The van der Waals surface area contributed by atoms with Crippen molar-refractivity contribution < 1.29 is 26.0 Å². The van der Waals surface area contributed by atoms with Crippen LogP contribution in [-0.4, -0.2) is 11.7 Å². The zero-order chi connectivity index (χ0) is 6.83. The first-order valence-corrected chi connectivity index (χ1v) is 8.52. The first kappa shape index (κ1) is 12.1. The fraction of sp³-hybridized carbons (Fsp3) is 0.750. The molecule has 0 aromatic heterocycles. The number of halogens is 2. The zero-order valence-corrected chi connectivity index (χ0v) is 8.50. The Morgan fingerprint density at radius 1 is 1.50 bits per heavy atom. The Balaban J connectivity index is 0. The fourth-order valence-corrected chi connectivity index (χ4v) is 0.112. The van der Waals surface area contributed by atoms with Gasteiger partial charge in [0.1, 0.15) is 0 Å². The van der Waals surface area contributed by atoms with E-state index in [2.05, 4.69) is 6.92 Å². The van der Waals surface area contributed by atoms with E-state index < -0.39 is 20.8 Å². The third kappa shape index (κ3) is 26.1. The van der Waals surface area contributed by atoms with Crippen LogP contribution in [0.1, 0.15) is 12.8 Å². The van der Waals surface area contributed by atoms with E-state index in [0.29, 0.717) is 0 Å². The van der Waals surface area contributed by atoms with Gasteiger partial charge in [-0.15, -0.1) is 0 Å². The van der Waals surface area contributed by atoms with Gasteiger partial charge >= 0.3 is 37.9 Å². The van der Waals surface area contributed by atoms with Crippen LogP contribution in [0.15, 0.2) is 0 Å². The van der Waals surface area contributed by atoms with Gasteiger partial charge in [-0.3, -0.25) is 0 Å². The Labute approximate surface area is 69.0 Å². The fourth-order valence-electron chi connectivity index (χ4n) is 0.112.